The Balaban J connectivity index is 1.43. The van der Waals surface area contributed by atoms with Crippen LogP contribution in [0.5, 0.6) is 0 Å². The number of rotatable bonds is 4. The highest BCUT2D eigenvalue weighted by Gasteiger charge is 2.29. The van der Waals surface area contributed by atoms with Gasteiger partial charge in [-0.05, 0) is 36.8 Å². The summed E-state index contributed by atoms with van der Waals surface area (Å²) in [6.07, 6.45) is 4.28. The number of hydrogen-bond acceptors (Lipinski definition) is 3. The lowest BCUT2D eigenvalue weighted by Gasteiger charge is -2.06. The van der Waals surface area contributed by atoms with Crippen LogP contribution in [0.2, 0.25) is 0 Å². The molecule has 0 spiro atoms. The van der Waals surface area contributed by atoms with Gasteiger partial charge in [0.1, 0.15) is 5.76 Å². The predicted molar refractivity (Wildman–Crippen MR) is 78.0 cm³/mol. The molecule has 104 valence electrons. The maximum atomic E-state index is 12.5. The molecule has 0 radical (unpaired) electrons. The molecule has 0 amide bonds. The number of fused-ring (bicyclic) bond motifs is 1. The summed E-state index contributed by atoms with van der Waals surface area (Å²) in [7, 11) is -0.886. The van der Waals surface area contributed by atoms with Gasteiger partial charge in [-0.15, -0.1) is 0 Å². The van der Waals surface area contributed by atoms with Crippen molar-refractivity contribution in [3.63, 3.8) is 0 Å². The van der Waals surface area contributed by atoms with Crippen molar-refractivity contribution >= 4 is 10.8 Å². The monoisotopic (exact) mass is 287 g/mol. The Hall–Kier alpha value is -1.42. The Morgan fingerprint density at radius 2 is 1.90 bits per heavy atom. The predicted octanol–water partition coefficient (Wildman–Crippen LogP) is 2.97. The van der Waals surface area contributed by atoms with E-state index in [1.54, 1.807) is 0 Å². The lowest BCUT2D eigenvalue weighted by Crippen LogP contribution is -2.16. The molecule has 0 bridgehead atoms. The van der Waals surface area contributed by atoms with Gasteiger partial charge in [-0.3, -0.25) is 4.21 Å². The van der Waals surface area contributed by atoms with Crippen LogP contribution in [0.1, 0.15) is 41.3 Å². The molecule has 1 saturated carbocycles. The van der Waals surface area contributed by atoms with Crippen molar-refractivity contribution in [3.05, 3.63) is 52.9 Å². The van der Waals surface area contributed by atoms with Crippen LogP contribution in [0.25, 0.3) is 0 Å². The molecule has 4 rings (SSSR count). The van der Waals surface area contributed by atoms with Crippen LogP contribution in [0.3, 0.4) is 0 Å². The highest BCUT2D eigenvalue weighted by atomic mass is 32.2. The quantitative estimate of drug-likeness (QED) is 0.868. The zero-order valence-corrected chi connectivity index (χ0v) is 12.1. The smallest absolute Gasteiger partial charge is 0.149 e. The van der Waals surface area contributed by atoms with E-state index < -0.39 is 10.8 Å². The summed E-state index contributed by atoms with van der Waals surface area (Å²) < 4.78 is 17.8. The Morgan fingerprint density at radius 3 is 2.55 bits per heavy atom. The Bertz CT molecular complexity index is 635. The largest absolute Gasteiger partial charge is 0.360 e. The van der Waals surface area contributed by atoms with Gasteiger partial charge in [0.2, 0.25) is 0 Å². The zero-order valence-electron chi connectivity index (χ0n) is 11.2. The van der Waals surface area contributed by atoms with E-state index >= 15 is 0 Å². The summed E-state index contributed by atoms with van der Waals surface area (Å²) >= 11 is 0. The van der Waals surface area contributed by atoms with Gasteiger partial charge in [-0.1, -0.05) is 29.4 Å². The average molecular weight is 287 g/mol. The lowest BCUT2D eigenvalue weighted by molar-refractivity contribution is 0.387. The maximum Gasteiger partial charge on any atom is 0.149 e. The first kappa shape index (κ1) is 12.3. The van der Waals surface area contributed by atoms with Crippen LogP contribution in [0.15, 0.2) is 34.9 Å². The summed E-state index contributed by atoms with van der Waals surface area (Å²) in [5.74, 6) is 1.87. The van der Waals surface area contributed by atoms with Gasteiger partial charge in [0, 0.05) is 28.0 Å². The van der Waals surface area contributed by atoms with Crippen LogP contribution >= 0.6 is 0 Å². The minimum absolute atomic E-state index is 0.224. The third-order valence-corrected chi connectivity index (χ3v) is 5.89. The van der Waals surface area contributed by atoms with Crippen molar-refractivity contribution < 1.29 is 8.73 Å². The van der Waals surface area contributed by atoms with Gasteiger partial charge in [0.15, 0.2) is 0 Å². The van der Waals surface area contributed by atoms with Crippen molar-refractivity contribution in [2.75, 3.05) is 0 Å². The number of nitrogens with zero attached hydrogens (tertiary/aromatic N) is 1. The number of benzene rings is 1. The summed E-state index contributed by atoms with van der Waals surface area (Å²) in [6.45, 7) is 0. The Morgan fingerprint density at radius 1 is 1.20 bits per heavy atom. The fourth-order valence-corrected chi connectivity index (χ4v) is 4.31. The molecule has 0 aliphatic heterocycles. The highest BCUT2D eigenvalue weighted by Crippen LogP contribution is 2.39. The molecule has 3 nitrogen and oxygen atoms in total. The Labute approximate surface area is 120 Å². The molecule has 1 atom stereocenters. The van der Waals surface area contributed by atoms with Gasteiger partial charge < -0.3 is 4.52 Å². The van der Waals surface area contributed by atoms with E-state index in [0.29, 0.717) is 11.7 Å². The Kier molecular flexibility index (Phi) is 2.99. The molecule has 4 heteroatoms. The molecule has 1 fully saturated rings. The van der Waals surface area contributed by atoms with Crippen molar-refractivity contribution in [1.29, 1.82) is 0 Å². The van der Waals surface area contributed by atoms with Gasteiger partial charge in [-0.2, -0.15) is 0 Å². The second-order valence-electron chi connectivity index (χ2n) is 5.82. The SMILES string of the molecule is O=S(Cc1cc(C2CC2)no1)C1Cc2ccccc2C1. The third-order valence-electron chi connectivity index (χ3n) is 4.24. The van der Waals surface area contributed by atoms with Gasteiger partial charge in [0.05, 0.1) is 11.4 Å². The van der Waals surface area contributed by atoms with Gasteiger partial charge in [0.25, 0.3) is 0 Å². The topological polar surface area (TPSA) is 43.1 Å². The molecule has 20 heavy (non-hydrogen) atoms. The van der Waals surface area contributed by atoms with E-state index in [4.69, 9.17) is 4.52 Å². The van der Waals surface area contributed by atoms with Crippen molar-refractivity contribution in [2.45, 2.75) is 42.6 Å². The minimum atomic E-state index is -0.886. The van der Waals surface area contributed by atoms with Gasteiger partial charge in [-0.25, -0.2) is 0 Å². The standard InChI is InChI=1S/C16H17NO2S/c18-20(10-14-9-16(17-19-14)11-5-6-11)15-7-12-3-1-2-4-13(12)8-15/h1-4,9,11,15H,5-8,10H2. The zero-order chi connectivity index (χ0) is 13.5. The van der Waals surface area contributed by atoms with Crippen LogP contribution in [0, 0.1) is 0 Å². The first-order valence-corrected chi connectivity index (χ1v) is 8.57. The minimum Gasteiger partial charge on any atom is -0.360 e. The molecule has 2 aromatic rings. The maximum absolute atomic E-state index is 12.5. The molecule has 0 saturated heterocycles. The first-order valence-electron chi connectivity index (χ1n) is 7.19. The van der Waals surface area contributed by atoms with Crippen LogP contribution in [-0.2, 0) is 29.4 Å². The summed E-state index contributed by atoms with van der Waals surface area (Å²) in [4.78, 5) is 0. The van der Waals surface area contributed by atoms with E-state index in [-0.39, 0.29) is 5.25 Å². The fraction of sp³-hybridized carbons (Fsp3) is 0.438. The van der Waals surface area contributed by atoms with Crippen LogP contribution < -0.4 is 0 Å². The first-order chi connectivity index (χ1) is 9.79. The van der Waals surface area contributed by atoms with E-state index in [0.717, 1.165) is 24.3 Å². The summed E-state index contributed by atoms with van der Waals surface area (Å²) in [5.41, 5.74) is 3.75. The average Bonchev–Trinajstić information content (AvgIpc) is 3.04. The molecule has 1 unspecified atom stereocenters. The molecule has 1 aromatic carbocycles. The molecular formula is C16H17NO2S. The van der Waals surface area contributed by atoms with Gasteiger partial charge >= 0.3 is 0 Å². The highest BCUT2D eigenvalue weighted by molar-refractivity contribution is 7.84. The second-order valence-corrected chi connectivity index (χ2v) is 7.53. The van der Waals surface area contributed by atoms with Crippen LogP contribution in [-0.4, -0.2) is 14.6 Å². The van der Waals surface area contributed by atoms with Crippen LogP contribution in [0.4, 0.5) is 0 Å². The fourth-order valence-electron chi connectivity index (χ4n) is 2.93. The second kappa shape index (κ2) is 4.85. The molecule has 1 heterocycles. The van der Waals surface area contributed by atoms with E-state index in [2.05, 4.69) is 29.4 Å². The number of hydrogen-bond donors (Lipinski definition) is 0. The van der Waals surface area contributed by atoms with E-state index in [9.17, 15) is 4.21 Å². The molecular weight excluding hydrogens is 270 g/mol. The summed E-state index contributed by atoms with van der Waals surface area (Å²) in [6, 6.07) is 10.4. The van der Waals surface area contributed by atoms with E-state index in [1.807, 2.05) is 6.07 Å². The van der Waals surface area contributed by atoms with Crippen molar-refractivity contribution in [3.8, 4) is 0 Å². The summed E-state index contributed by atoms with van der Waals surface area (Å²) in [5, 5.41) is 4.31. The van der Waals surface area contributed by atoms with E-state index in [1.165, 1.54) is 24.0 Å². The molecule has 2 aliphatic carbocycles. The lowest BCUT2D eigenvalue weighted by atomic mass is 10.1. The normalized spacial score (nSPS) is 20.0. The van der Waals surface area contributed by atoms with Crippen molar-refractivity contribution in [2.24, 2.45) is 0 Å². The molecule has 2 aliphatic rings. The third kappa shape index (κ3) is 2.33. The molecule has 0 N–H and O–H groups in total. The number of aromatic nitrogens is 1. The molecule has 1 aromatic heterocycles. The van der Waals surface area contributed by atoms with Crippen molar-refractivity contribution in [1.82, 2.24) is 5.16 Å².